The number of carbonyl (C=O) groups is 1. The molecule has 3 saturated heterocycles. The lowest BCUT2D eigenvalue weighted by molar-refractivity contribution is 0.0101. The number of fused-ring (bicyclic) bond motifs is 3. The van der Waals surface area contributed by atoms with Crippen molar-refractivity contribution in [1.29, 1.82) is 5.26 Å². The number of benzene rings is 1. The summed E-state index contributed by atoms with van der Waals surface area (Å²) in [6.45, 7) is 1.13. The summed E-state index contributed by atoms with van der Waals surface area (Å²) in [7, 11) is 0. The van der Waals surface area contributed by atoms with E-state index in [1.54, 1.807) is 18.3 Å². The third kappa shape index (κ3) is 2.16. The molecule has 3 fully saturated rings. The molecule has 1 aromatic carbocycles. The number of anilines is 1. The van der Waals surface area contributed by atoms with Crippen LogP contribution >= 0.6 is 11.3 Å². The Kier molecular flexibility index (Phi) is 3.17. The van der Waals surface area contributed by atoms with E-state index in [0.717, 1.165) is 17.0 Å². The standard InChI is InChI=1S/C17H13N5O3S/c18-6-9-3-12(15-19-1-2-26-15)14-13(4-9)20-16(25-14)21-7-10-5-11(8-21)22(10)17(23)24/h1-4,10-11H,5,7-8H2,(H,23,24). The molecule has 0 aliphatic carbocycles. The molecule has 0 spiro atoms. The quantitative estimate of drug-likeness (QED) is 0.742. The average molecular weight is 367 g/mol. The van der Waals surface area contributed by atoms with Gasteiger partial charge in [0.2, 0.25) is 0 Å². The third-order valence-corrected chi connectivity index (χ3v) is 5.76. The van der Waals surface area contributed by atoms with Crippen LogP contribution in [0.25, 0.3) is 21.7 Å². The average Bonchev–Trinajstić information content (AvgIpc) is 3.29. The molecule has 8 nitrogen and oxygen atoms in total. The van der Waals surface area contributed by atoms with Crippen LogP contribution in [0.5, 0.6) is 0 Å². The van der Waals surface area contributed by atoms with Gasteiger partial charge in [-0.2, -0.15) is 10.2 Å². The second-order valence-electron chi connectivity index (χ2n) is 6.46. The SMILES string of the molecule is N#Cc1cc(-c2nccs2)c2oc(N3CC4CC(C3)N4C(=O)O)nc2c1. The molecule has 5 heterocycles. The Morgan fingerprint density at radius 1 is 1.38 bits per heavy atom. The van der Waals surface area contributed by atoms with Crippen molar-refractivity contribution in [1.82, 2.24) is 14.9 Å². The van der Waals surface area contributed by atoms with E-state index in [1.165, 1.54) is 16.2 Å². The van der Waals surface area contributed by atoms with Crippen molar-refractivity contribution in [2.24, 2.45) is 0 Å². The highest BCUT2D eigenvalue weighted by Gasteiger charge is 2.48. The maximum atomic E-state index is 11.3. The smallest absolute Gasteiger partial charge is 0.407 e. The number of thiazole rings is 1. The van der Waals surface area contributed by atoms with Crippen LogP contribution in [-0.4, -0.2) is 51.2 Å². The number of hydrogen-bond acceptors (Lipinski definition) is 7. The van der Waals surface area contributed by atoms with E-state index in [1.807, 2.05) is 10.3 Å². The van der Waals surface area contributed by atoms with E-state index in [0.29, 0.717) is 35.8 Å². The molecule has 1 amide bonds. The first-order valence-corrected chi connectivity index (χ1v) is 9.03. The van der Waals surface area contributed by atoms with Gasteiger partial charge in [-0.1, -0.05) is 0 Å². The van der Waals surface area contributed by atoms with Crippen LogP contribution in [-0.2, 0) is 0 Å². The highest BCUT2D eigenvalue weighted by atomic mass is 32.1. The number of nitriles is 1. The van der Waals surface area contributed by atoms with Crippen LogP contribution in [0.4, 0.5) is 10.8 Å². The molecule has 9 heteroatoms. The molecule has 2 aromatic heterocycles. The van der Waals surface area contributed by atoms with Crippen LogP contribution in [0.15, 0.2) is 28.1 Å². The predicted octanol–water partition coefficient (Wildman–Crippen LogP) is 2.76. The minimum absolute atomic E-state index is 0.0191. The van der Waals surface area contributed by atoms with Crippen molar-refractivity contribution in [2.75, 3.05) is 18.0 Å². The van der Waals surface area contributed by atoms with Gasteiger partial charge < -0.3 is 14.4 Å². The second kappa shape index (κ2) is 5.44. The third-order valence-electron chi connectivity index (χ3n) is 4.96. The van der Waals surface area contributed by atoms with Crippen molar-refractivity contribution < 1.29 is 14.3 Å². The lowest BCUT2D eigenvalue weighted by Crippen LogP contribution is -2.70. The molecule has 2 bridgehead atoms. The monoisotopic (exact) mass is 367 g/mol. The van der Waals surface area contributed by atoms with Gasteiger partial charge >= 0.3 is 6.09 Å². The van der Waals surface area contributed by atoms with Gasteiger partial charge in [-0.15, -0.1) is 11.3 Å². The lowest BCUT2D eigenvalue weighted by atomic mass is 9.88. The van der Waals surface area contributed by atoms with Gasteiger partial charge in [0.25, 0.3) is 6.01 Å². The molecule has 3 aliphatic heterocycles. The molecule has 0 saturated carbocycles. The number of aromatic nitrogens is 2. The lowest BCUT2D eigenvalue weighted by Gasteiger charge is -2.54. The first-order chi connectivity index (χ1) is 12.6. The summed E-state index contributed by atoms with van der Waals surface area (Å²) in [5, 5.41) is 21.2. The van der Waals surface area contributed by atoms with Crippen LogP contribution in [0.3, 0.4) is 0 Å². The normalized spacial score (nSPS) is 21.5. The van der Waals surface area contributed by atoms with E-state index in [4.69, 9.17) is 4.42 Å². The molecule has 3 aromatic rings. The fourth-order valence-corrected chi connectivity index (χ4v) is 4.47. The number of carboxylic acid groups (broad SMARTS) is 1. The van der Waals surface area contributed by atoms with Crippen LogP contribution in [0, 0.1) is 11.3 Å². The first-order valence-electron chi connectivity index (χ1n) is 8.15. The largest absolute Gasteiger partial charge is 0.465 e. The van der Waals surface area contributed by atoms with E-state index < -0.39 is 6.09 Å². The maximum absolute atomic E-state index is 11.3. The van der Waals surface area contributed by atoms with Crippen LogP contribution in [0.2, 0.25) is 0 Å². The maximum Gasteiger partial charge on any atom is 0.407 e. The topological polar surface area (TPSA) is 106 Å². The van der Waals surface area contributed by atoms with Gasteiger partial charge in [-0.05, 0) is 18.6 Å². The molecule has 130 valence electrons. The van der Waals surface area contributed by atoms with Gasteiger partial charge in [0.05, 0.1) is 29.3 Å². The Morgan fingerprint density at radius 3 is 2.85 bits per heavy atom. The summed E-state index contributed by atoms with van der Waals surface area (Å²) in [6.07, 6.45) is 1.72. The highest BCUT2D eigenvalue weighted by Crippen LogP contribution is 2.38. The van der Waals surface area contributed by atoms with Gasteiger partial charge in [-0.25, -0.2) is 9.78 Å². The van der Waals surface area contributed by atoms with Crippen molar-refractivity contribution in [3.63, 3.8) is 0 Å². The molecule has 2 atom stereocenters. The second-order valence-corrected chi connectivity index (χ2v) is 7.35. The zero-order valence-electron chi connectivity index (χ0n) is 13.5. The number of hydrogen-bond donors (Lipinski definition) is 1. The molecule has 26 heavy (non-hydrogen) atoms. The summed E-state index contributed by atoms with van der Waals surface area (Å²) in [5.41, 5.74) is 2.46. The van der Waals surface area contributed by atoms with E-state index in [9.17, 15) is 15.2 Å². The number of amides is 1. The van der Waals surface area contributed by atoms with E-state index >= 15 is 0 Å². The fourth-order valence-electron chi connectivity index (χ4n) is 3.81. The zero-order valence-corrected chi connectivity index (χ0v) is 14.3. The Labute approximate surface area is 151 Å². The number of piperazine rings is 1. The van der Waals surface area contributed by atoms with Gasteiger partial charge in [0.15, 0.2) is 5.58 Å². The van der Waals surface area contributed by atoms with Crippen molar-refractivity contribution in [3.8, 4) is 16.6 Å². The Hall–Kier alpha value is -3.12. The summed E-state index contributed by atoms with van der Waals surface area (Å²) < 4.78 is 6.03. The first kappa shape index (κ1) is 15.2. The summed E-state index contributed by atoms with van der Waals surface area (Å²) in [5.74, 6) is 0. The Balaban J connectivity index is 1.54. The summed E-state index contributed by atoms with van der Waals surface area (Å²) in [6, 6.07) is 6.04. The van der Waals surface area contributed by atoms with Crippen molar-refractivity contribution >= 4 is 34.5 Å². The van der Waals surface area contributed by atoms with Crippen LogP contribution in [0.1, 0.15) is 12.0 Å². The molecule has 1 N–H and O–H groups in total. The predicted molar refractivity (Wildman–Crippen MR) is 94.1 cm³/mol. The number of nitrogens with zero attached hydrogens (tertiary/aromatic N) is 5. The highest BCUT2D eigenvalue weighted by molar-refractivity contribution is 7.13. The minimum atomic E-state index is -0.867. The minimum Gasteiger partial charge on any atom is -0.465 e. The molecule has 3 aliphatic rings. The molecule has 6 rings (SSSR count). The van der Waals surface area contributed by atoms with Gasteiger partial charge in [0, 0.05) is 24.7 Å². The van der Waals surface area contributed by atoms with E-state index in [-0.39, 0.29) is 12.1 Å². The summed E-state index contributed by atoms with van der Waals surface area (Å²) in [4.78, 5) is 23.6. The van der Waals surface area contributed by atoms with Crippen molar-refractivity contribution in [2.45, 2.75) is 18.5 Å². The Bertz CT molecular complexity index is 1040. The zero-order chi connectivity index (χ0) is 17.8. The summed E-state index contributed by atoms with van der Waals surface area (Å²) >= 11 is 1.47. The number of rotatable bonds is 2. The number of oxazole rings is 1. The van der Waals surface area contributed by atoms with Crippen LogP contribution < -0.4 is 4.90 Å². The fraction of sp³-hybridized carbons (Fsp3) is 0.294. The molecular weight excluding hydrogens is 354 g/mol. The van der Waals surface area contributed by atoms with Gasteiger partial charge in [-0.3, -0.25) is 4.90 Å². The molecular formula is C17H13N5O3S. The van der Waals surface area contributed by atoms with Crippen molar-refractivity contribution in [3.05, 3.63) is 29.3 Å². The van der Waals surface area contributed by atoms with E-state index in [2.05, 4.69) is 16.0 Å². The van der Waals surface area contributed by atoms with Gasteiger partial charge in [0.1, 0.15) is 10.5 Å². The Morgan fingerprint density at radius 2 is 2.19 bits per heavy atom. The molecule has 2 unspecified atom stereocenters. The number of piperidine rings is 1. The molecule has 0 radical (unpaired) electrons.